The maximum absolute atomic E-state index is 13.1. The van der Waals surface area contributed by atoms with E-state index in [1.165, 1.54) is 15.6 Å². The average molecular weight is 390 g/mol. The van der Waals surface area contributed by atoms with Crippen LogP contribution in [0.2, 0.25) is 0 Å². The number of benzene rings is 2. The van der Waals surface area contributed by atoms with Crippen LogP contribution in [0.25, 0.3) is 5.69 Å². The van der Waals surface area contributed by atoms with E-state index in [4.69, 9.17) is 4.74 Å². The molecule has 0 saturated carbocycles. The predicted octanol–water partition coefficient (Wildman–Crippen LogP) is 1.69. The fourth-order valence-corrected chi connectivity index (χ4v) is 3.51. The first-order chi connectivity index (χ1) is 13.5. The van der Waals surface area contributed by atoms with E-state index in [0.717, 1.165) is 30.8 Å². The van der Waals surface area contributed by atoms with Crippen molar-refractivity contribution in [2.24, 2.45) is 0 Å². The smallest absolute Gasteiger partial charge is 0.370 e. The predicted molar refractivity (Wildman–Crippen MR) is 94.0 cm³/mol. The standard InChI is InChI=1S/C19H18F3N5O/c20-19(21,22)15-7-4-8-16(13-15)27-18(23-24-25-27)17(14-5-2-1-3-6-14)26-9-11-28-12-10-26/h1-8,13,17H,9-12H2/p+1/t17-/m0/s1. The largest absolute Gasteiger partial charge is 0.416 e. The number of rotatable bonds is 4. The van der Waals surface area contributed by atoms with Crippen LogP contribution in [0.5, 0.6) is 0 Å². The van der Waals surface area contributed by atoms with E-state index < -0.39 is 11.7 Å². The van der Waals surface area contributed by atoms with Crippen LogP contribution in [0.4, 0.5) is 13.2 Å². The van der Waals surface area contributed by atoms with Crippen molar-refractivity contribution in [3.05, 3.63) is 71.5 Å². The van der Waals surface area contributed by atoms with E-state index >= 15 is 0 Å². The zero-order valence-electron chi connectivity index (χ0n) is 14.9. The van der Waals surface area contributed by atoms with Gasteiger partial charge < -0.3 is 9.64 Å². The van der Waals surface area contributed by atoms with E-state index in [0.29, 0.717) is 19.0 Å². The zero-order valence-corrected chi connectivity index (χ0v) is 14.9. The van der Waals surface area contributed by atoms with Crippen LogP contribution in [0, 0.1) is 0 Å². The van der Waals surface area contributed by atoms with Gasteiger partial charge in [-0.2, -0.15) is 17.9 Å². The van der Waals surface area contributed by atoms with Gasteiger partial charge in [0.05, 0.1) is 24.5 Å². The van der Waals surface area contributed by atoms with Crippen molar-refractivity contribution < 1.29 is 22.8 Å². The van der Waals surface area contributed by atoms with Crippen molar-refractivity contribution >= 4 is 0 Å². The Morgan fingerprint density at radius 2 is 1.75 bits per heavy atom. The summed E-state index contributed by atoms with van der Waals surface area (Å²) in [4.78, 5) is 1.21. The minimum absolute atomic E-state index is 0.213. The number of nitrogens with one attached hydrogen (secondary N) is 1. The van der Waals surface area contributed by atoms with Crippen LogP contribution >= 0.6 is 0 Å². The minimum atomic E-state index is -4.43. The van der Waals surface area contributed by atoms with Gasteiger partial charge in [-0.3, -0.25) is 0 Å². The van der Waals surface area contributed by atoms with Crippen molar-refractivity contribution in [1.29, 1.82) is 0 Å². The van der Waals surface area contributed by atoms with Gasteiger partial charge in [-0.15, -0.1) is 5.10 Å². The van der Waals surface area contributed by atoms with E-state index in [1.54, 1.807) is 6.07 Å². The molecule has 1 N–H and O–H groups in total. The van der Waals surface area contributed by atoms with Crippen LogP contribution in [0.1, 0.15) is 23.0 Å². The first kappa shape index (κ1) is 18.6. The molecule has 2 heterocycles. The van der Waals surface area contributed by atoms with E-state index in [2.05, 4.69) is 15.5 Å². The van der Waals surface area contributed by atoms with E-state index in [9.17, 15) is 13.2 Å². The van der Waals surface area contributed by atoms with Gasteiger partial charge in [-0.25, -0.2) is 0 Å². The molecule has 6 nitrogen and oxygen atoms in total. The van der Waals surface area contributed by atoms with Crippen LogP contribution < -0.4 is 4.90 Å². The van der Waals surface area contributed by atoms with Gasteiger partial charge in [-0.05, 0) is 28.6 Å². The molecule has 1 aliphatic heterocycles. The Labute approximate surface area is 159 Å². The number of quaternary nitrogens is 1. The number of tetrazole rings is 1. The fourth-order valence-electron chi connectivity index (χ4n) is 3.51. The molecular formula is C19H19F3N5O+. The van der Waals surface area contributed by atoms with Gasteiger partial charge in [-0.1, -0.05) is 36.4 Å². The number of aromatic nitrogens is 4. The lowest BCUT2D eigenvalue weighted by molar-refractivity contribution is -0.933. The van der Waals surface area contributed by atoms with Gasteiger partial charge in [0.2, 0.25) is 5.82 Å². The Morgan fingerprint density at radius 1 is 1.00 bits per heavy atom. The molecular weight excluding hydrogens is 371 g/mol. The Bertz CT molecular complexity index is 923. The topological polar surface area (TPSA) is 57.3 Å². The highest BCUT2D eigenvalue weighted by Crippen LogP contribution is 2.30. The first-order valence-electron chi connectivity index (χ1n) is 8.97. The van der Waals surface area contributed by atoms with E-state index in [-0.39, 0.29) is 11.7 Å². The van der Waals surface area contributed by atoms with Gasteiger partial charge in [0.25, 0.3) is 0 Å². The number of halogens is 3. The molecule has 0 amide bonds. The maximum Gasteiger partial charge on any atom is 0.416 e. The molecule has 146 valence electrons. The molecule has 4 rings (SSSR count). The van der Waals surface area contributed by atoms with Crippen LogP contribution in [0.15, 0.2) is 54.6 Å². The second-order valence-electron chi connectivity index (χ2n) is 6.61. The Kier molecular flexibility index (Phi) is 5.10. The summed E-state index contributed by atoms with van der Waals surface area (Å²) < 4.78 is 46.3. The summed E-state index contributed by atoms with van der Waals surface area (Å²) in [6.07, 6.45) is -4.43. The molecule has 0 bridgehead atoms. The summed E-state index contributed by atoms with van der Waals surface area (Å²) in [5.41, 5.74) is 0.548. The van der Waals surface area contributed by atoms with Crippen molar-refractivity contribution in [3.8, 4) is 5.69 Å². The molecule has 1 fully saturated rings. The summed E-state index contributed by atoms with van der Waals surface area (Å²) in [5.74, 6) is 0.502. The van der Waals surface area contributed by atoms with Crippen molar-refractivity contribution in [3.63, 3.8) is 0 Å². The SMILES string of the molecule is FC(F)(F)c1cccc(-n2nnnc2[C@H](c2ccccc2)[NH+]2CCOCC2)c1. The Balaban J connectivity index is 1.79. The van der Waals surface area contributed by atoms with Crippen LogP contribution in [0.3, 0.4) is 0 Å². The molecule has 1 atom stereocenters. The third-order valence-electron chi connectivity index (χ3n) is 4.85. The number of ether oxygens (including phenoxy) is 1. The first-order valence-corrected chi connectivity index (χ1v) is 8.97. The summed E-state index contributed by atoms with van der Waals surface area (Å²) in [5, 5.41) is 12.0. The van der Waals surface area contributed by atoms with Gasteiger partial charge >= 0.3 is 6.18 Å². The summed E-state index contributed by atoms with van der Waals surface area (Å²) in [6.45, 7) is 2.75. The highest BCUT2D eigenvalue weighted by molar-refractivity contribution is 5.37. The lowest BCUT2D eigenvalue weighted by Crippen LogP contribution is -3.14. The number of morpholine rings is 1. The average Bonchev–Trinajstić information content (AvgIpc) is 3.19. The normalized spacial score (nSPS) is 16.8. The molecule has 9 heteroatoms. The molecule has 1 aromatic heterocycles. The quantitative estimate of drug-likeness (QED) is 0.737. The fraction of sp³-hybridized carbons (Fsp3) is 0.316. The highest BCUT2D eigenvalue weighted by Gasteiger charge is 2.34. The lowest BCUT2D eigenvalue weighted by atomic mass is 10.0. The third-order valence-corrected chi connectivity index (χ3v) is 4.85. The van der Waals surface area contributed by atoms with Crippen LogP contribution in [-0.2, 0) is 10.9 Å². The van der Waals surface area contributed by atoms with E-state index in [1.807, 2.05) is 30.3 Å². The van der Waals surface area contributed by atoms with Crippen molar-refractivity contribution in [2.45, 2.75) is 12.2 Å². The van der Waals surface area contributed by atoms with Gasteiger partial charge in [0, 0.05) is 5.56 Å². The molecule has 0 radical (unpaired) electrons. The number of alkyl halides is 3. The van der Waals surface area contributed by atoms with Crippen LogP contribution in [-0.4, -0.2) is 46.5 Å². The zero-order chi connectivity index (χ0) is 19.6. The molecule has 1 saturated heterocycles. The second-order valence-corrected chi connectivity index (χ2v) is 6.61. The molecule has 3 aromatic rings. The van der Waals surface area contributed by atoms with Crippen molar-refractivity contribution in [2.75, 3.05) is 26.3 Å². The molecule has 0 spiro atoms. The molecule has 1 aliphatic rings. The maximum atomic E-state index is 13.1. The molecule has 0 unspecified atom stereocenters. The second kappa shape index (κ2) is 7.69. The molecule has 2 aromatic carbocycles. The lowest BCUT2D eigenvalue weighted by Gasteiger charge is -2.31. The third kappa shape index (κ3) is 3.76. The number of hydrogen-bond donors (Lipinski definition) is 1. The molecule has 0 aliphatic carbocycles. The van der Waals surface area contributed by atoms with Gasteiger partial charge in [0.1, 0.15) is 13.1 Å². The monoisotopic (exact) mass is 390 g/mol. The number of hydrogen-bond acceptors (Lipinski definition) is 4. The molecule has 28 heavy (non-hydrogen) atoms. The Morgan fingerprint density at radius 3 is 2.46 bits per heavy atom. The minimum Gasteiger partial charge on any atom is -0.370 e. The highest BCUT2D eigenvalue weighted by atomic mass is 19.4. The summed E-state index contributed by atoms with van der Waals surface area (Å²) in [6, 6.07) is 14.6. The van der Waals surface area contributed by atoms with Gasteiger partial charge in [0.15, 0.2) is 6.04 Å². The summed E-state index contributed by atoms with van der Waals surface area (Å²) >= 11 is 0. The summed E-state index contributed by atoms with van der Waals surface area (Å²) in [7, 11) is 0. The Hall–Kier alpha value is -2.78. The van der Waals surface area contributed by atoms with Crippen molar-refractivity contribution in [1.82, 2.24) is 20.2 Å². The number of nitrogens with zero attached hydrogens (tertiary/aromatic N) is 4.